The first-order valence-electron chi connectivity index (χ1n) is 7.49. The van der Waals surface area contributed by atoms with E-state index in [1.54, 1.807) is 0 Å². The molecule has 0 bridgehead atoms. The summed E-state index contributed by atoms with van der Waals surface area (Å²) in [5.41, 5.74) is -0.604. The fourth-order valence-electron chi connectivity index (χ4n) is 2.87. The Morgan fingerprint density at radius 3 is 3.05 bits per heavy atom. The number of carbonyl (C=O) groups excluding carboxylic acids is 2. The van der Waals surface area contributed by atoms with E-state index in [0.717, 1.165) is 18.1 Å². The van der Waals surface area contributed by atoms with Gasteiger partial charge in [-0.1, -0.05) is 6.42 Å². The number of hydrogen-bond acceptors (Lipinski definition) is 5. The number of unbranched alkanes of at least 4 members (excludes halogenated alkanes) is 1. The number of ether oxygens (including phenoxy) is 1. The van der Waals surface area contributed by atoms with Gasteiger partial charge >= 0.3 is 5.97 Å². The van der Waals surface area contributed by atoms with Crippen LogP contribution < -0.4 is 0 Å². The van der Waals surface area contributed by atoms with Crippen molar-refractivity contribution in [2.75, 3.05) is 12.4 Å². The predicted octanol–water partition coefficient (Wildman–Crippen LogP) is 2.25. The molecule has 0 aliphatic carbocycles. The van der Waals surface area contributed by atoms with Gasteiger partial charge in [-0.05, 0) is 31.4 Å². The first kappa shape index (κ1) is 14.2. The third kappa shape index (κ3) is 3.11. The van der Waals surface area contributed by atoms with Gasteiger partial charge in [0.25, 0.3) is 5.91 Å². The van der Waals surface area contributed by atoms with E-state index >= 15 is 0 Å². The van der Waals surface area contributed by atoms with Crippen LogP contribution >= 0.6 is 11.8 Å². The molecule has 20 heavy (non-hydrogen) atoms. The van der Waals surface area contributed by atoms with Gasteiger partial charge in [-0.3, -0.25) is 4.79 Å². The molecule has 0 N–H and O–H groups in total. The van der Waals surface area contributed by atoms with Gasteiger partial charge in [-0.2, -0.15) is 11.8 Å². The van der Waals surface area contributed by atoms with E-state index in [-0.39, 0.29) is 11.9 Å². The van der Waals surface area contributed by atoms with Crippen LogP contribution in [0.5, 0.6) is 0 Å². The summed E-state index contributed by atoms with van der Waals surface area (Å²) in [4.78, 5) is 28.6. The quantitative estimate of drug-likeness (QED) is 0.556. The van der Waals surface area contributed by atoms with Gasteiger partial charge in [0.1, 0.15) is 6.61 Å². The van der Waals surface area contributed by atoms with Gasteiger partial charge in [0.2, 0.25) is 5.72 Å². The average Bonchev–Trinajstić information content (AvgIpc) is 2.92. The molecule has 1 unspecified atom stereocenters. The van der Waals surface area contributed by atoms with Crippen LogP contribution in [0.2, 0.25) is 0 Å². The van der Waals surface area contributed by atoms with Crippen molar-refractivity contribution in [3.63, 3.8) is 0 Å². The van der Waals surface area contributed by atoms with E-state index in [4.69, 9.17) is 9.57 Å². The van der Waals surface area contributed by atoms with Crippen LogP contribution in [0.4, 0.5) is 0 Å². The number of amides is 1. The van der Waals surface area contributed by atoms with Crippen molar-refractivity contribution in [3.05, 3.63) is 0 Å². The van der Waals surface area contributed by atoms with Gasteiger partial charge < -0.3 is 9.57 Å². The molecule has 1 amide bonds. The molecular weight excluding hydrogens is 278 g/mol. The summed E-state index contributed by atoms with van der Waals surface area (Å²) in [5, 5.41) is 1.96. The Morgan fingerprint density at radius 2 is 2.35 bits per heavy atom. The Bertz CT molecular complexity index is 391. The third-order valence-electron chi connectivity index (χ3n) is 4.18. The molecule has 0 aromatic carbocycles. The number of hydroxylamine groups is 2. The minimum Gasteiger partial charge on any atom is -0.345 e. The number of carbonyl (C=O) groups is 2. The zero-order valence-electron chi connectivity index (χ0n) is 11.6. The summed E-state index contributed by atoms with van der Waals surface area (Å²) in [6.45, 7) is 0.491. The minimum atomic E-state index is -0.604. The monoisotopic (exact) mass is 299 g/mol. The van der Waals surface area contributed by atoms with Crippen LogP contribution in [0.15, 0.2) is 0 Å². The molecule has 0 aromatic heterocycles. The Kier molecular flexibility index (Phi) is 4.21. The van der Waals surface area contributed by atoms with Gasteiger partial charge in [-0.25, -0.2) is 4.79 Å². The fraction of sp³-hybridized carbons (Fsp3) is 0.857. The van der Waals surface area contributed by atoms with E-state index < -0.39 is 5.72 Å². The lowest BCUT2D eigenvalue weighted by atomic mass is 10.1. The van der Waals surface area contributed by atoms with Crippen molar-refractivity contribution in [2.24, 2.45) is 0 Å². The number of thioether (sulfide) groups is 1. The molecular formula is C14H21NO4S. The van der Waals surface area contributed by atoms with Crippen LogP contribution in [0.3, 0.4) is 0 Å². The zero-order valence-corrected chi connectivity index (χ0v) is 12.5. The predicted molar refractivity (Wildman–Crippen MR) is 74.8 cm³/mol. The van der Waals surface area contributed by atoms with Crippen LogP contribution in [0.1, 0.15) is 51.4 Å². The topological polar surface area (TPSA) is 59.1 Å². The van der Waals surface area contributed by atoms with Crippen molar-refractivity contribution in [1.82, 2.24) is 5.06 Å². The summed E-state index contributed by atoms with van der Waals surface area (Å²) < 4.78 is 5.26. The highest BCUT2D eigenvalue weighted by molar-refractivity contribution is 8.00. The standard InChI is InChI=1S/C14H21NO4S/c16-12-7-8-14(10-18-14)15(12)19-13(17)6-2-1-4-11-5-3-9-20-11/h11H,1-10H2/t11-,14?/m0/s1. The van der Waals surface area contributed by atoms with E-state index in [1.165, 1.54) is 30.1 Å². The fourth-order valence-corrected chi connectivity index (χ4v) is 4.21. The molecule has 0 radical (unpaired) electrons. The smallest absolute Gasteiger partial charge is 0.332 e. The largest absolute Gasteiger partial charge is 0.345 e. The molecule has 3 aliphatic rings. The Morgan fingerprint density at radius 1 is 1.50 bits per heavy atom. The minimum absolute atomic E-state index is 0.141. The number of nitrogens with zero attached hydrogens (tertiary/aromatic N) is 1. The summed E-state index contributed by atoms with van der Waals surface area (Å²) in [5.74, 6) is 0.832. The second kappa shape index (κ2) is 5.93. The lowest BCUT2D eigenvalue weighted by molar-refractivity contribution is -0.212. The number of hydrogen-bond donors (Lipinski definition) is 0. The highest BCUT2D eigenvalue weighted by Gasteiger charge is 2.59. The first-order valence-corrected chi connectivity index (χ1v) is 8.54. The number of rotatable bonds is 6. The molecule has 3 aliphatic heterocycles. The lowest BCUT2D eigenvalue weighted by Gasteiger charge is -2.19. The van der Waals surface area contributed by atoms with Gasteiger partial charge in [0.15, 0.2) is 0 Å². The van der Waals surface area contributed by atoms with Crippen LogP contribution in [0.25, 0.3) is 0 Å². The molecule has 3 rings (SSSR count). The van der Waals surface area contributed by atoms with Crippen LogP contribution in [0, 0.1) is 0 Å². The third-order valence-corrected chi connectivity index (χ3v) is 5.64. The maximum Gasteiger partial charge on any atom is 0.332 e. The van der Waals surface area contributed by atoms with Crippen LogP contribution in [-0.2, 0) is 19.2 Å². The van der Waals surface area contributed by atoms with E-state index in [2.05, 4.69) is 11.8 Å². The molecule has 0 saturated carbocycles. The Labute approximate surface area is 123 Å². The average molecular weight is 299 g/mol. The SMILES string of the molecule is O=C(CCCC[C@H]1CCCS1)ON1C(=O)CCC12CO2. The molecule has 3 saturated heterocycles. The zero-order chi connectivity index (χ0) is 14.0. The van der Waals surface area contributed by atoms with Crippen molar-refractivity contribution in [1.29, 1.82) is 0 Å². The normalized spacial score (nSPS) is 32.1. The summed E-state index contributed by atoms with van der Waals surface area (Å²) in [6.07, 6.45) is 7.16. The van der Waals surface area contributed by atoms with Gasteiger partial charge in [-0.15, -0.1) is 5.06 Å². The van der Waals surface area contributed by atoms with Crippen molar-refractivity contribution < 1.29 is 19.2 Å². The molecule has 6 heteroatoms. The highest BCUT2D eigenvalue weighted by atomic mass is 32.2. The van der Waals surface area contributed by atoms with Crippen LogP contribution in [-0.4, -0.2) is 40.3 Å². The van der Waals surface area contributed by atoms with Gasteiger partial charge in [0, 0.05) is 24.5 Å². The molecule has 3 fully saturated rings. The maximum absolute atomic E-state index is 11.8. The molecule has 3 heterocycles. The summed E-state index contributed by atoms with van der Waals surface area (Å²) >= 11 is 2.05. The molecule has 0 aromatic rings. The van der Waals surface area contributed by atoms with Crippen molar-refractivity contribution in [2.45, 2.75) is 62.3 Å². The highest BCUT2D eigenvalue weighted by Crippen LogP contribution is 2.42. The second-order valence-corrected chi connectivity index (χ2v) is 7.18. The van der Waals surface area contributed by atoms with Gasteiger partial charge in [0.05, 0.1) is 0 Å². The molecule has 112 valence electrons. The second-order valence-electron chi connectivity index (χ2n) is 5.77. The maximum atomic E-state index is 11.8. The molecule has 1 spiro atoms. The van der Waals surface area contributed by atoms with E-state index in [0.29, 0.717) is 25.9 Å². The number of epoxide rings is 1. The summed E-state index contributed by atoms with van der Waals surface area (Å²) in [6, 6.07) is 0. The lowest BCUT2D eigenvalue weighted by Crippen LogP contribution is -2.37. The van der Waals surface area contributed by atoms with E-state index in [1.807, 2.05) is 0 Å². The summed E-state index contributed by atoms with van der Waals surface area (Å²) in [7, 11) is 0. The van der Waals surface area contributed by atoms with E-state index in [9.17, 15) is 9.59 Å². The molecule has 5 nitrogen and oxygen atoms in total. The van der Waals surface area contributed by atoms with Crippen molar-refractivity contribution >= 4 is 23.6 Å². The first-order chi connectivity index (χ1) is 9.70. The van der Waals surface area contributed by atoms with Crippen molar-refractivity contribution in [3.8, 4) is 0 Å². The Hall–Kier alpha value is -0.750. The Balaban J connectivity index is 1.34. The molecule has 2 atom stereocenters.